The molecule has 0 bridgehead atoms. The summed E-state index contributed by atoms with van der Waals surface area (Å²) in [5, 5.41) is 6.23. The predicted octanol–water partition coefficient (Wildman–Crippen LogP) is 5.21. The van der Waals surface area contributed by atoms with Gasteiger partial charge < -0.3 is 15.0 Å². The van der Waals surface area contributed by atoms with Gasteiger partial charge >= 0.3 is 0 Å². The van der Waals surface area contributed by atoms with Gasteiger partial charge in [0, 0.05) is 18.7 Å². The first kappa shape index (κ1) is 21.6. The van der Waals surface area contributed by atoms with Crippen LogP contribution in [0.2, 0.25) is 0 Å². The van der Waals surface area contributed by atoms with E-state index < -0.39 is 0 Å². The molecule has 0 saturated carbocycles. The van der Waals surface area contributed by atoms with Gasteiger partial charge in [0.05, 0.1) is 22.5 Å². The molecule has 2 aromatic rings. The SMILES string of the molecule is CCOc1ccc(C(=O)NC(=S)Nc2ccccc2N2CCC(C)CC2)cc1Br. The summed E-state index contributed by atoms with van der Waals surface area (Å²) in [7, 11) is 0. The van der Waals surface area contributed by atoms with Gasteiger partial charge in [-0.1, -0.05) is 19.1 Å². The molecule has 1 saturated heterocycles. The second-order valence-corrected chi connectivity index (χ2v) is 8.44. The van der Waals surface area contributed by atoms with Gasteiger partial charge in [0.1, 0.15) is 5.75 Å². The lowest BCUT2D eigenvalue weighted by Crippen LogP contribution is -2.36. The summed E-state index contributed by atoms with van der Waals surface area (Å²) in [5.41, 5.74) is 2.52. The summed E-state index contributed by atoms with van der Waals surface area (Å²) >= 11 is 8.83. The van der Waals surface area contributed by atoms with Crippen molar-refractivity contribution in [1.29, 1.82) is 0 Å². The first-order valence-electron chi connectivity index (χ1n) is 9.86. The number of anilines is 2. The molecule has 1 fully saturated rings. The maximum atomic E-state index is 12.6. The van der Waals surface area contributed by atoms with Crippen LogP contribution in [-0.2, 0) is 0 Å². The third kappa shape index (κ3) is 5.70. The van der Waals surface area contributed by atoms with Crippen LogP contribution in [0.15, 0.2) is 46.9 Å². The van der Waals surface area contributed by atoms with Crippen LogP contribution in [-0.4, -0.2) is 30.7 Å². The summed E-state index contributed by atoms with van der Waals surface area (Å²) in [5.74, 6) is 1.20. The molecule has 0 aliphatic carbocycles. The fourth-order valence-electron chi connectivity index (χ4n) is 3.35. The van der Waals surface area contributed by atoms with E-state index in [1.807, 2.05) is 25.1 Å². The Bertz CT molecular complexity index is 882. The van der Waals surface area contributed by atoms with Crippen molar-refractivity contribution in [2.75, 3.05) is 29.9 Å². The lowest BCUT2D eigenvalue weighted by atomic mass is 9.98. The van der Waals surface area contributed by atoms with Crippen molar-refractivity contribution in [2.24, 2.45) is 5.92 Å². The second kappa shape index (κ2) is 10.1. The van der Waals surface area contributed by atoms with Crippen molar-refractivity contribution in [3.63, 3.8) is 0 Å². The van der Waals surface area contributed by atoms with Crippen molar-refractivity contribution in [3.8, 4) is 5.75 Å². The van der Waals surface area contributed by atoms with E-state index in [0.717, 1.165) is 34.9 Å². The Labute approximate surface area is 185 Å². The number of nitrogens with zero attached hydrogens (tertiary/aromatic N) is 1. The molecule has 7 heteroatoms. The molecule has 0 atom stereocenters. The molecule has 0 spiro atoms. The van der Waals surface area contributed by atoms with E-state index in [0.29, 0.717) is 17.9 Å². The van der Waals surface area contributed by atoms with Crippen molar-refractivity contribution >= 4 is 50.5 Å². The molecular weight excluding hydrogens is 450 g/mol. The number of ether oxygens (including phenoxy) is 1. The number of piperidine rings is 1. The quantitative estimate of drug-likeness (QED) is 0.581. The highest BCUT2D eigenvalue weighted by molar-refractivity contribution is 9.10. The number of nitrogens with one attached hydrogen (secondary N) is 2. The van der Waals surface area contributed by atoms with Gasteiger partial charge in [-0.2, -0.15) is 0 Å². The van der Waals surface area contributed by atoms with Gasteiger partial charge in [-0.3, -0.25) is 10.1 Å². The van der Waals surface area contributed by atoms with Gasteiger partial charge in [0.25, 0.3) is 5.91 Å². The molecule has 154 valence electrons. The third-order valence-corrected chi connectivity index (χ3v) is 5.82. The van der Waals surface area contributed by atoms with Crippen LogP contribution in [0.25, 0.3) is 0 Å². The van der Waals surface area contributed by atoms with E-state index in [1.165, 1.54) is 12.8 Å². The first-order valence-corrected chi connectivity index (χ1v) is 11.1. The van der Waals surface area contributed by atoms with Crippen LogP contribution in [0, 0.1) is 5.92 Å². The van der Waals surface area contributed by atoms with Gasteiger partial charge in [-0.25, -0.2) is 0 Å². The number of amides is 1. The number of carbonyl (C=O) groups excluding carboxylic acids is 1. The van der Waals surface area contributed by atoms with Crippen LogP contribution in [0.1, 0.15) is 37.0 Å². The maximum absolute atomic E-state index is 12.6. The molecule has 2 N–H and O–H groups in total. The van der Waals surface area contributed by atoms with Crippen LogP contribution >= 0.6 is 28.1 Å². The average Bonchev–Trinajstić information content (AvgIpc) is 2.70. The van der Waals surface area contributed by atoms with E-state index in [4.69, 9.17) is 17.0 Å². The number of benzene rings is 2. The zero-order valence-corrected chi connectivity index (χ0v) is 19.1. The topological polar surface area (TPSA) is 53.6 Å². The molecule has 1 aliphatic heterocycles. The van der Waals surface area contributed by atoms with E-state index in [-0.39, 0.29) is 11.0 Å². The number of rotatable bonds is 5. The highest BCUT2D eigenvalue weighted by Gasteiger charge is 2.19. The van der Waals surface area contributed by atoms with Crippen LogP contribution < -0.4 is 20.3 Å². The van der Waals surface area contributed by atoms with Crippen LogP contribution in [0.5, 0.6) is 5.75 Å². The van der Waals surface area contributed by atoms with E-state index in [1.54, 1.807) is 18.2 Å². The molecular formula is C22H26BrN3O2S. The number of halogens is 1. The minimum atomic E-state index is -0.268. The fourth-order valence-corrected chi connectivity index (χ4v) is 4.04. The molecule has 1 heterocycles. The first-order chi connectivity index (χ1) is 14.0. The fraction of sp³-hybridized carbons (Fsp3) is 0.364. The van der Waals surface area contributed by atoms with Crippen molar-refractivity contribution in [2.45, 2.75) is 26.7 Å². The normalized spacial score (nSPS) is 14.4. The molecule has 0 radical (unpaired) electrons. The third-order valence-electron chi connectivity index (χ3n) is 5.00. The van der Waals surface area contributed by atoms with Crippen molar-refractivity contribution in [1.82, 2.24) is 5.32 Å². The van der Waals surface area contributed by atoms with Crippen LogP contribution in [0.4, 0.5) is 11.4 Å². The Kier molecular flexibility index (Phi) is 7.50. The average molecular weight is 476 g/mol. The number of para-hydroxylation sites is 2. The molecule has 3 rings (SSSR count). The number of hydrogen-bond donors (Lipinski definition) is 2. The number of hydrogen-bond acceptors (Lipinski definition) is 4. The Hall–Kier alpha value is -2.12. The second-order valence-electron chi connectivity index (χ2n) is 7.17. The molecule has 5 nitrogen and oxygen atoms in total. The van der Waals surface area contributed by atoms with E-state index in [9.17, 15) is 4.79 Å². The number of thiocarbonyl (C=S) groups is 1. The zero-order valence-electron chi connectivity index (χ0n) is 16.7. The van der Waals surface area contributed by atoms with Crippen molar-refractivity contribution in [3.05, 3.63) is 52.5 Å². The largest absolute Gasteiger partial charge is 0.493 e. The Balaban J connectivity index is 1.65. The highest BCUT2D eigenvalue weighted by atomic mass is 79.9. The molecule has 2 aromatic carbocycles. The Morgan fingerprint density at radius 2 is 1.97 bits per heavy atom. The predicted molar refractivity (Wildman–Crippen MR) is 126 cm³/mol. The van der Waals surface area contributed by atoms with Crippen LogP contribution in [0.3, 0.4) is 0 Å². The molecule has 1 aliphatic rings. The summed E-state index contributed by atoms with van der Waals surface area (Å²) in [6.07, 6.45) is 2.37. The summed E-state index contributed by atoms with van der Waals surface area (Å²) in [6, 6.07) is 13.3. The van der Waals surface area contributed by atoms with Gasteiger partial charge in [0.2, 0.25) is 0 Å². The molecule has 29 heavy (non-hydrogen) atoms. The van der Waals surface area contributed by atoms with E-state index in [2.05, 4.69) is 44.5 Å². The smallest absolute Gasteiger partial charge is 0.257 e. The lowest BCUT2D eigenvalue weighted by molar-refractivity contribution is 0.0977. The number of carbonyl (C=O) groups is 1. The molecule has 0 aromatic heterocycles. The van der Waals surface area contributed by atoms with Gasteiger partial charge in [-0.15, -0.1) is 0 Å². The van der Waals surface area contributed by atoms with E-state index >= 15 is 0 Å². The summed E-state index contributed by atoms with van der Waals surface area (Å²) in [4.78, 5) is 15.0. The minimum absolute atomic E-state index is 0.268. The standard InChI is InChI=1S/C22H26BrN3O2S/c1-3-28-20-9-8-16(14-17(20)23)21(27)25-22(29)24-18-6-4-5-7-19(18)26-12-10-15(2)11-13-26/h4-9,14-15H,3,10-13H2,1-2H3,(H2,24,25,27,29). The van der Waals surface area contributed by atoms with Gasteiger partial charge in [0.15, 0.2) is 5.11 Å². The molecule has 1 amide bonds. The Morgan fingerprint density at radius 3 is 2.66 bits per heavy atom. The zero-order chi connectivity index (χ0) is 20.8. The Morgan fingerprint density at radius 1 is 1.24 bits per heavy atom. The summed E-state index contributed by atoms with van der Waals surface area (Å²) < 4.78 is 6.22. The maximum Gasteiger partial charge on any atom is 0.257 e. The monoisotopic (exact) mass is 475 g/mol. The summed E-state index contributed by atoms with van der Waals surface area (Å²) in [6.45, 7) is 6.83. The van der Waals surface area contributed by atoms with Crippen molar-refractivity contribution < 1.29 is 9.53 Å². The van der Waals surface area contributed by atoms with Gasteiger partial charge in [-0.05, 0) is 84.2 Å². The highest BCUT2D eigenvalue weighted by Crippen LogP contribution is 2.30. The molecule has 0 unspecified atom stereocenters. The lowest BCUT2D eigenvalue weighted by Gasteiger charge is -2.33. The minimum Gasteiger partial charge on any atom is -0.493 e.